The first-order chi connectivity index (χ1) is 9.47. The van der Waals surface area contributed by atoms with Crippen LogP contribution in [0.1, 0.15) is 11.1 Å². The Morgan fingerprint density at radius 1 is 1.30 bits per heavy atom. The van der Waals surface area contributed by atoms with Gasteiger partial charge in [-0.3, -0.25) is 10.1 Å². The fourth-order valence-corrected chi connectivity index (χ4v) is 1.89. The molecule has 20 heavy (non-hydrogen) atoms. The smallest absolute Gasteiger partial charge is 0.294 e. The zero-order valence-electron chi connectivity index (χ0n) is 10.7. The number of nitro benzene ring substituents is 1. The van der Waals surface area contributed by atoms with E-state index >= 15 is 0 Å². The van der Waals surface area contributed by atoms with Gasteiger partial charge in [-0.2, -0.15) is 0 Å². The number of benzene rings is 2. The Kier molecular flexibility index (Phi) is 4.20. The van der Waals surface area contributed by atoms with Crippen LogP contribution in [0.15, 0.2) is 36.4 Å². The van der Waals surface area contributed by atoms with E-state index in [-0.39, 0.29) is 16.4 Å². The van der Waals surface area contributed by atoms with Crippen LogP contribution in [0.25, 0.3) is 0 Å². The Morgan fingerprint density at radius 3 is 2.55 bits per heavy atom. The molecule has 0 atom stereocenters. The van der Waals surface area contributed by atoms with Crippen LogP contribution < -0.4 is 5.32 Å². The molecule has 0 heterocycles. The van der Waals surface area contributed by atoms with E-state index in [9.17, 15) is 14.5 Å². The number of rotatable bonds is 4. The minimum absolute atomic E-state index is 0.109. The summed E-state index contributed by atoms with van der Waals surface area (Å²) in [5, 5.41) is 13.5. The molecular weight excluding hydrogens is 283 g/mol. The molecule has 2 rings (SSSR count). The van der Waals surface area contributed by atoms with E-state index in [0.29, 0.717) is 6.54 Å². The molecule has 0 saturated carbocycles. The second-order valence-electron chi connectivity index (χ2n) is 4.38. The fourth-order valence-electron chi connectivity index (χ4n) is 1.73. The number of hydrogen-bond acceptors (Lipinski definition) is 3. The second kappa shape index (κ2) is 5.88. The lowest BCUT2D eigenvalue weighted by Crippen LogP contribution is -2.03. The molecule has 0 aliphatic carbocycles. The van der Waals surface area contributed by atoms with Crippen molar-refractivity contribution in [3.8, 4) is 0 Å². The van der Waals surface area contributed by atoms with Crippen LogP contribution in [0.2, 0.25) is 5.02 Å². The normalized spacial score (nSPS) is 10.3. The van der Waals surface area contributed by atoms with Crippen LogP contribution in [-0.2, 0) is 6.54 Å². The molecule has 6 heteroatoms. The Morgan fingerprint density at radius 2 is 1.95 bits per heavy atom. The number of nitrogens with one attached hydrogen (secondary N) is 1. The summed E-state index contributed by atoms with van der Waals surface area (Å²) in [4.78, 5) is 10.3. The van der Waals surface area contributed by atoms with E-state index in [4.69, 9.17) is 11.6 Å². The van der Waals surface area contributed by atoms with E-state index in [1.54, 1.807) is 0 Å². The minimum atomic E-state index is -0.691. The second-order valence-corrected chi connectivity index (χ2v) is 4.79. The van der Waals surface area contributed by atoms with Gasteiger partial charge in [0, 0.05) is 18.7 Å². The number of nitrogens with zero attached hydrogens (tertiary/aromatic N) is 1. The molecule has 0 aliphatic rings. The van der Waals surface area contributed by atoms with Gasteiger partial charge in [0.05, 0.1) is 9.95 Å². The molecule has 0 spiro atoms. The molecular formula is C14H12ClFN2O2. The van der Waals surface area contributed by atoms with Crippen LogP contribution in [0.3, 0.4) is 0 Å². The molecule has 0 amide bonds. The van der Waals surface area contributed by atoms with E-state index in [1.165, 1.54) is 0 Å². The SMILES string of the molecule is Cc1ccc(CNc2cc(F)c(Cl)cc2[N+](=O)[O-])cc1. The third-order valence-electron chi connectivity index (χ3n) is 2.84. The van der Waals surface area contributed by atoms with Crippen molar-refractivity contribution in [1.82, 2.24) is 0 Å². The van der Waals surface area contributed by atoms with Gasteiger partial charge < -0.3 is 5.32 Å². The number of halogens is 2. The third-order valence-corrected chi connectivity index (χ3v) is 3.13. The first-order valence-electron chi connectivity index (χ1n) is 5.90. The highest BCUT2D eigenvalue weighted by Crippen LogP contribution is 2.30. The Balaban J connectivity index is 2.22. The van der Waals surface area contributed by atoms with Gasteiger partial charge in [0.15, 0.2) is 0 Å². The molecule has 0 unspecified atom stereocenters. The summed E-state index contributed by atoms with van der Waals surface area (Å²) < 4.78 is 13.4. The quantitative estimate of drug-likeness (QED) is 0.675. The van der Waals surface area contributed by atoms with Crippen LogP contribution >= 0.6 is 11.6 Å². The molecule has 0 radical (unpaired) electrons. The zero-order chi connectivity index (χ0) is 14.7. The Bertz CT molecular complexity index is 644. The van der Waals surface area contributed by atoms with Gasteiger partial charge in [-0.05, 0) is 12.5 Å². The van der Waals surface area contributed by atoms with Gasteiger partial charge in [0.2, 0.25) is 0 Å². The van der Waals surface area contributed by atoms with E-state index < -0.39 is 10.7 Å². The highest BCUT2D eigenvalue weighted by atomic mass is 35.5. The van der Waals surface area contributed by atoms with Gasteiger partial charge in [-0.15, -0.1) is 0 Å². The highest BCUT2D eigenvalue weighted by molar-refractivity contribution is 6.31. The lowest BCUT2D eigenvalue weighted by Gasteiger charge is -2.08. The topological polar surface area (TPSA) is 55.2 Å². The molecule has 0 aromatic heterocycles. The van der Waals surface area contributed by atoms with Gasteiger partial charge in [-0.1, -0.05) is 41.4 Å². The van der Waals surface area contributed by atoms with Crippen molar-refractivity contribution in [3.05, 3.63) is 68.5 Å². The van der Waals surface area contributed by atoms with Crippen molar-refractivity contribution in [1.29, 1.82) is 0 Å². The Labute approximate surface area is 120 Å². The van der Waals surface area contributed by atoms with Crippen molar-refractivity contribution in [2.24, 2.45) is 0 Å². The fraction of sp³-hybridized carbons (Fsp3) is 0.143. The standard InChI is InChI=1S/C14H12ClFN2O2/c1-9-2-4-10(5-3-9)8-17-13-7-12(16)11(15)6-14(13)18(19)20/h2-7,17H,8H2,1H3. The van der Waals surface area contributed by atoms with Crippen molar-refractivity contribution in [3.63, 3.8) is 0 Å². The average Bonchev–Trinajstić information content (AvgIpc) is 2.41. The van der Waals surface area contributed by atoms with Crippen LogP contribution in [0, 0.1) is 22.9 Å². The maximum Gasteiger partial charge on any atom is 0.294 e. The summed E-state index contributed by atoms with van der Waals surface area (Å²) >= 11 is 5.56. The highest BCUT2D eigenvalue weighted by Gasteiger charge is 2.17. The van der Waals surface area contributed by atoms with Crippen molar-refractivity contribution >= 4 is 23.0 Å². The molecule has 0 aliphatic heterocycles. The zero-order valence-corrected chi connectivity index (χ0v) is 11.4. The van der Waals surface area contributed by atoms with Gasteiger partial charge >= 0.3 is 0 Å². The molecule has 1 N–H and O–H groups in total. The molecule has 2 aromatic rings. The van der Waals surface area contributed by atoms with Gasteiger partial charge in [-0.25, -0.2) is 4.39 Å². The first kappa shape index (κ1) is 14.3. The third kappa shape index (κ3) is 3.24. The number of aryl methyl sites for hydroxylation is 1. The first-order valence-corrected chi connectivity index (χ1v) is 6.28. The molecule has 2 aromatic carbocycles. The molecule has 0 saturated heterocycles. The van der Waals surface area contributed by atoms with Crippen LogP contribution in [0.5, 0.6) is 0 Å². The average molecular weight is 295 g/mol. The van der Waals surface area contributed by atoms with E-state index in [1.807, 2.05) is 31.2 Å². The van der Waals surface area contributed by atoms with Gasteiger partial charge in [0.25, 0.3) is 5.69 Å². The molecule has 0 fully saturated rings. The number of nitro groups is 1. The summed E-state index contributed by atoms with van der Waals surface area (Å²) in [6.07, 6.45) is 0. The van der Waals surface area contributed by atoms with Crippen LogP contribution in [0.4, 0.5) is 15.8 Å². The molecule has 104 valence electrons. The summed E-state index contributed by atoms with van der Waals surface area (Å²) in [6.45, 7) is 2.33. The van der Waals surface area contributed by atoms with Crippen molar-refractivity contribution in [2.45, 2.75) is 13.5 Å². The van der Waals surface area contributed by atoms with Crippen molar-refractivity contribution in [2.75, 3.05) is 5.32 Å². The largest absolute Gasteiger partial charge is 0.375 e. The lowest BCUT2D eigenvalue weighted by atomic mass is 10.1. The van der Waals surface area contributed by atoms with Crippen molar-refractivity contribution < 1.29 is 9.31 Å². The maximum absolute atomic E-state index is 13.4. The molecule has 0 bridgehead atoms. The number of hydrogen-bond donors (Lipinski definition) is 1. The monoisotopic (exact) mass is 294 g/mol. The predicted molar refractivity (Wildman–Crippen MR) is 76.6 cm³/mol. The van der Waals surface area contributed by atoms with E-state index in [0.717, 1.165) is 23.3 Å². The summed E-state index contributed by atoms with van der Waals surface area (Å²) in [5.74, 6) is -0.691. The lowest BCUT2D eigenvalue weighted by molar-refractivity contribution is -0.384. The maximum atomic E-state index is 13.4. The van der Waals surface area contributed by atoms with Gasteiger partial charge in [0.1, 0.15) is 11.5 Å². The predicted octanol–water partition coefficient (Wildman–Crippen LogP) is 4.31. The van der Waals surface area contributed by atoms with Crippen LogP contribution in [-0.4, -0.2) is 4.92 Å². The summed E-state index contributed by atoms with van der Waals surface area (Å²) in [6, 6.07) is 9.73. The summed E-state index contributed by atoms with van der Waals surface area (Å²) in [5.41, 5.74) is 1.93. The Hall–Kier alpha value is -2.14. The minimum Gasteiger partial charge on any atom is -0.375 e. The molecule has 4 nitrogen and oxygen atoms in total. The summed E-state index contributed by atoms with van der Waals surface area (Å²) in [7, 11) is 0. The van der Waals surface area contributed by atoms with E-state index in [2.05, 4.69) is 5.32 Å². The number of anilines is 1.